The van der Waals surface area contributed by atoms with Crippen LogP contribution in [0, 0.1) is 5.82 Å². The van der Waals surface area contributed by atoms with Crippen LogP contribution in [0.4, 0.5) is 15.9 Å². The highest BCUT2D eigenvalue weighted by molar-refractivity contribution is 6.04. The Balaban J connectivity index is 1.50. The minimum Gasteiger partial charge on any atom is -0.352 e. The number of hydrogen-bond donors (Lipinski definition) is 1. The number of nitrogens with one attached hydrogen (secondary N) is 1. The van der Waals surface area contributed by atoms with Crippen LogP contribution >= 0.6 is 0 Å². The molecule has 2 aromatic heterocycles. The van der Waals surface area contributed by atoms with E-state index in [0.29, 0.717) is 5.69 Å². The van der Waals surface area contributed by atoms with Crippen LogP contribution in [0.5, 0.6) is 0 Å². The van der Waals surface area contributed by atoms with Gasteiger partial charge in [-0.15, -0.1) is 0 Å². The van der Waals surface area contributed by atoms with Gasteiger partial charge < -0.3 is 10.2 Å². The van der Waals surface area contributed by atoms with Crippen molar-refractivity contribution in [2.75, 3.05) is 23.3 Å². The fourth-order valence-corrected chi connectivity index (χ4v) is 3.44. The summed E-state index contributed by atoms with van der Waals surface area (Å²) >= 11 is 0. The zero-order valence-electron chi connectivity index (χ0n) is 16.1. The van der Waals surface area contributed by atoms with Crippen molar-refractivity contribution >= 4 is 23.0 Å². The molecule has 0 saturated heterocycles. The molecular formula is C23H21FN4O. The van der Waals surface area contributed by atoms with Crippen LogP contribution in [-0.4, -0.2) is 29.0 Å². The third-order valence-corrected chi connectivity index (χ3v) is 5.10. The number of aromatic nitrogens is 2. The maximum atomic E-state index is 13.7. The molecule has 0 bridgehead atoms. The van der Waals surface area contributed by atoms with Gasteiger partial charge in [-0.2, -0.15) is 0 Å². The molecule has 146 valence electrons. The molecule has 29 heavy (non-hydrogen) atoms. The number of pyridine rings is 2. The molecule has 0 saturated carbocycles. The molecule has 6 heteroatoms. The highest BCUT2D eigenvalue weighted by Crippen LogP contribution is 2.29. The molecule has 1 aromatic carbocycles. The number of hydrogen-bond acceptors (Lipinski definition) is 4. The van der Waals surface area contributed by atoms with E-state index in [9.17, 15) is 9.18 Å². The molecule has 0 unspecified atom stereocenters. The summed E-state index contributed by atoms with van der Waals surface area (Å²) in [4.78, 5) is 22.7. The topological polar surface area (TPSA) is 58.1 Å². The van der Waals surface area contributed by atoms with Gasteiger partial charge in [0, 0.05) is 31.2 Å². The van der Waals surface area contributed by atoms with Crippen molar-refractivity contribution in [3.8, 4) is 0 Å². The van der Waals surface area contributed by atoms with Gasteiger partial charge in [0.05, 0.1) is 11.8 Å². The van der Waals surface area contributed by atoms with Gasteiger partial charge in [0.2, 0.25) is 0 Å². The smallest absolute Gasteiger partial charge is 0.258 e. The minimum atomic E-state index is -0.640. The van der Waals surface area contributed by atoms with Crippen molar-refractivity contribution in [2.24, 2.45) is 0 Å². The van der Waals surface area contributed by atoms with Crippen molar-refractivity contribution in [3.63, 3.8) is 0 Å². The van der Waals surface area contributed by atoms with Gasteiger partial charge in [-0.05, 0) is 54.8 Å². The monoisotopic (exact) mass is 388 g/mol. The molecule has 3 heterocycles. The maximum Gasteiger partial charge on any atom is 0.258 e. The Morgan fingerprint density at radius 1 is 1.10 bits per heavy atom. The van der Waals surface area contributed by atoms with Gasteiger partial charge in [-0.1, -0.05) is 23.8 Å². The summed E-state index contributed by atoms with van der Waals surface area (Å²) < 4.78 is 13.7. The summed E-state index contributed by atoms with van der Waals surface area (Å²) in [5.41, 5.74) is 4.32. The molecular weight excluding hydrogens is 367 g/mol. The lowest BCUT2D eigenvalue weighted by Crippen LogP contribution is -2.31. The minimum absolute atomic E-state index is 0.0269. The first kappa shape index (κ1) is 18.8. The van der Waals surface area contributed by atoms with Gasteiger partial charge in [0.1, 0.15) is 5.82 Å². The normalized spacial score (nSPS) is 14.1. The van der Waals surface area contributed by atoms with E-state index in [-0.39, 0.29) is 5.56 Å². The van der Waals surface area contributed by atoms with E-state index in [1.165, 1.54) is 23.4 Å². The standard InChI is InChI=1S/C23H21FN4O/c1-16-10-13-28(22-4-2-3-11-26-22)15-20(16)17-5-7-18(8-6-17)27-23(29)19-9-12-25-14-21(19)24/h2-9,11-12,14H,10,13,15H2,1H3,(H,27,29). The van der Waals surface area contributed by atoms with E-state index in [2.05, 4.69) is 27.1 Å². The van der Waals surface area contributed by atoms with Crippen molar-refractivity contribution in [1.29, 1.82) is 0 Å². The van der Waals surface area contributed by atoms with Crippen molar-refractivity contribution in [2.45, 2.75) is 13.3 Å². The van der Waals surface area contributed by atoms with Crippen LogP contribution in [0.25, 0.3) is 5.57 Å². The summed E-state index contributed by atoms with van der Waals surface area (Å²) in [7, 11) is 0. The van der Waals surface area contributed by atoms with Crippen LogP contribution in [0.2, 0.25) is 0 Å². The van der Waals surface area contributed by atoms with Crippen LogP contribution in [0.1, 0.15) is 29.3 Å². The molecule has 0 fully saturated rings. The molecule has 0 radical (unpaired) electrons. The molecule has 1 N–H and O–H groups in total. The largest absolute Gasteiger partial charge is 0.352 e. The van der Waals surface area contributed by atoms with Crippen LogP contribution in [0.15, 0.2) is 72.7 Å². The lowest BCUT2D eigenvalue weighted by molar-refractivity contribution is 0.102. The van der Waals surface area contributed by atoms with Gasteiger partial charge in [0.15, 0.2) is 5.82 Å². The molecule has 4 rings (SSSR count). The Morgan fingerprint density at radius 3 is 2.66 bits per heavy atom. The number of benzene rings is 1. The van der Waals surface area contributed by atoms with E-state index in [1.807, 2.05) is 48.7 Å². The van der Waals surface area contributed by atoms with E-state index in [1.54, 1.807) is 0 Å². The Morgan fingerprint density at radius 2 is 1.93 bits per heavy atom. The second-order valence-electron chi connectivity index (χ2n) is 7.01. The summed E-state index contributed by atoms with van der Waals surface area (Å²) in [6, 6.07) is 14.9. The fourth-order valence-electron chi connectivity index (χ4n) is 3.44. The van der Waals surface area contributed by atoms with Crippen LogP contribution < -0.4 is 10.2 Å². The van der Waals surface area contributed by atoms with E-state index in [0.717, 1.165) is 37.1 Å². The second kappa shape index (κ2) is 8.22. The van der Waals surface area contributed by atoms with Crippen molar-refractivity contribution in [1.82, 2.24) is 9.97 Å². The predicted molar refractivity (Wildman–Crippen MR) is 112 cm³/mol. The fraction of sp³-hybridized carbons (Fsp3) is 0.174. The summed E-state index contributed by atoms with van der Waals surface area (Å²) in [5.74, 6) is -0.160. The van der Waals surface area contributed by atoms with Gasteiger partial charge in [-0.25, -0.2) is 9.37 Å². The number of carbonyl (C=O) groups excluding carboxylic acids is 1. The average molecular weight is 388 g/mol. The van der Waals surface area contributed by atoms with Crippen LogP contribution in [-0.2, 0) is 0 Å². The van der Waals surface area contributed by atoms with Gasteiger partial charge in [0.25, 0.3) is 5.91 Å². The average Bonchev–Trinajstić information content (AvgIpc) is 2.76. The van der Waals surface area contributed by atoms with Crippen molar-refractivity contribution < 1.29 is 9.18 Å². The van der Waals surface area contributed by atoms with Gasteiger partial charge in [-0.3, -0.25) is 9.78 Å². The number of amides is 1. The maximum absolute atomic E-state index is 13.7. The summed E-state index contributed by atoms with van der Waals surface area (Å²) in [6.45, 7) is 3.89. The quantitative estimate of drug-likeness (QED) is 0.712. The highest BCUT2D eigenvalue weighted by atomic mass is 19.1. The zero-order chi connectivity index (χ0) is 20.2. The third-order valence-electron chi connectivity index (χ3n) is 5.10. The number of halogens is 1. The zero-order valence-corrected chi connectivity index (χ0v) is 16.1. The summed E-state index contributed by atoms with van der Waals surface area (Å²) in [5, 5.41) is 2.73. The number of anilines is 2. The molecule has 3 aromatic rings. The van der Waals surface area contributed by atoms with E-state index >= 15 is 0 Å². The molecule has 5 nitrogen and oxygen atoms in total. The van der Waals surface area contributed by atoms with Crippen LogP contribution in [0.3, 0.4) is 0 Å². The summed E-state index contributed by atoms with van der Waals surface area (Å²) in [6.07, 6.45) is 5.21. The Bertz CT molecular complexity index is 1050. The third kappa shape index (κ3) is 4.16. The molecule has 1 aliphatic rings. The predicted octanol–water partition coefficient (Wildman–Crippen LogP) is 4.55. The first-order valence-corrected chi connectivity index (χ1v) is 9.48. The molecule has 1 amide bonds. The highest BCUT2D eigenvalue weighted by Gasteiger charge is 2.19. The van der Waals surface area contributed by atoms with E-state index in [4.69, 9.17) is 0 Å². The molecule has 0 spiro atoms. The lowest BCUT2D eigenvalue weighted by Gasteiger charge is -2.31. The number of rotatable bonds is 4. The van der Waals surface area contributed by atoms with Gasteiger partial charge >= 0.3 is 0 Å². The number of nitrogens with zero attached hydrogens (tertiary/aromatic N) is 3. The Kier molecular flexibility index (Phi) is 5.33. The first-order valence-electron chi connectivity index (χ1n) is 9.48. The van der Waals surface area contributed by atoms with Crippen molar-refractivity contribution in [3.05, 3.63) is 89.6 Å². The Labute approximate surface area is 168 Å². The Hall–Kier alpha value is -3.54. The van der Waals surface area contributed by atoms with E-state index < -0.39 is 11.7 Å². The first-order chi connectivity index (χ1) is 14.1. The lowest BCUT2D eigenvalue weighted by atomic mass is 9.95. The molecule has 0 aliphatic carbocycles. The molecule has 1 aliphatic heterocycles. The second-order valence-corrected chi connectivity index (χ2v) is 7.01. The number of carbonyl (C=O) groups is 1. The molecule has 0 atom stereocenters. The SMILES string of the molecule is CC1=C(c2ccc(NC(=O)c3ccncc3F)cc2)CN(c2ccccn2)CC1.